The van der Waals surface area contributed by atoms with Crippen LogP contribution in [0.1, 0.15) is 22.7 Å². The van der Waals surface area contributed by atoms with Gasteiger partial charge in [0.05, 0.1) is 17.7 Å². The molecule has 2 aromatic rings. The molecule has 1 aliphatic heterocycles. The summed E-state index contributed by atoms with van der Waals surface area (Å²) in [6.07, 6.45) is 0.913. The molecule has 2 nitrogen and oxygen atoms in total. The average Bonchev–Trinajstić information content (AvgIpc) is 2.92. The van der Waals surface area contributed by atoms with E-state index in [1.165, 1.54) is 11.6 Å². The lowest BCUT2D eigenvalue weighted by Crippen LogP contribution is -2.18. The van der Waals surface area contributed by atoms with Crippen molar-refractivity contribution in [1.82, 2.24) is 5.32 Å². The van der Waals surface area contributed by atoms with Crippen LogP contribution in [0, 0.1) is 5.82 Å². The second-order valence-electron chi connectivity index (χ2n) is 4.83. The molecule has 0 fully saturated rings. The van der Waals surface area contributed by atoms with Gasteiger partial charge in [0.25, 0.3) is 0 Å². The van der Waals surface area contributed by atoms with Crippen LogP contribution >= 0.6 is 11.6 Å². The number of halogens is 2. The lowest BCUT2D eigenvalue weighted by Gasteiger charge is -2.19. The van der Waals surface area contributed by atoms with Crippen molar-refractivity contribution in [3.05, 3.63) is 63.9 Å². The highest BCUT2D eigenvalue weighted by molar-refractivity contribution is 6.31. The summed E-state index contributed by atoms with van der Waals surface area (Å²) in [5, 5.41) is 3.37. The zero-order valence-electron chi connectivity index (χ0n) is 11.1. The van der Waals surface area contributed by atoms with Crippen molar-refractivity contribution in [2.75, 3.05) is 13.7 Å². The van der Waals surface area contributed by atoms with Gasteiger partial charge in [0.2, 0.25) is 0 Å². The molecule has 0 aromatic heterocycles. The van der Waals surface area contributed by atoms with Crippen molar-refractivity contribution < 1.29 is 9.13 Å². The summed E-state index contributed by atoms with van der Waals surface area (Å²) in [5.41, 5.74) is 2.99. The summed E-state index contributed by atoms with van der Waals surface area (Å²) in [6, 6.07) is 10.8. The Labute approximate surface area is 122 Å². The molecule has 0 amide bonds. The molecule has 0 spiro atoms. The van der Waals surface area contributed by atoms with Crippen LogP contribution in [-0.2, 0) is 6.42 Å². The molecule has 0 saturated carbocycles. The molecule has 104 valence electrons. The molecule has 0 saturated heterocycles. The molecule has 1 unspecified atom stereocenters. The summed E-state index contributed by atoms with van der Waals surface area (Å²) in [5.74, 6) is 0.544. The third-order valence-electron chi connectivity index (χ3n) is 3.63. The monoisotopic (exact) mass is 291 g/mol. The molecule has 2 aromatic carbocycles. The Hall–Kier alpha value is -1.58. The Balaban J connectivity index is 2.03. The fourth-order valence-electron chi connectivity index (χ4n) is 2.63. The maximum atomic E-state index is 13.6. The van der Waals surface area contributed by atoms with Gasteiger partial charge in [-0.05, 0) is 35.9 Å². The highest BCUT2D eigenvalue weighted by Crippen LogP contribution is 2.33. The van der Waals surface area contributed by atoms with Crippen molar-refractivity contribution in [2.24, 2.45) is 0 Å². The molecule has 1 atom stereocenters. The van der Waals surface area contributed by atoms with E-state index in [2.05, 4.69) is 11.4 Å². The normalized spacial score (nSPS) is 14.8. The molecule has 1 aliphatic rings. The summed E-state index contributed by atoms with van der Waals surface area (Å²) in [4.78, 5) is 0. The fraction of sp³-hybridized carbons (Fsp3) is 0.250. The number of benzene rings is 2. The van der Waals surface area contributed by atoms with Gasteiger partial charge in [0, 0.05) is 6.42 Å². The van der Waals surface area contributed by atoms with E-state index < -0.39 is 5.82 Å². The van der Waals surface area contributed by atoms with Gasteiger partial charge >= 0.3 is 0 Å². The zero-order valence-corrected chi connectivity index (χ0v) is 11.9. The Morgan fingerprint density at radius 3 is 2.95 bits per heavy atom. The zero-order chi connectivity index (χ0) is 14.1. The van der Waals surface area contributed by atoms with E-state index in [9.17, 15) is 4.39 Å². The highest BCUT2D eigenvalue weighted by atomic mass is 35.5. The van der Waals surface area contributed by atoms with Gasteiger partial charge in [-0.1, -0.05) is 35.9 Å². The van der Waals surface area contributed by atoms with Gasteiger partial charge in [0.15, 0.2) is 0 Å². The minimum absolute atomic E-state index is 0.135. The lowest BCUT2D eigenvalue weighted by molar-refractivity contribution is 0.357. The first-order chi connectivity index (χ1) is 9.70. The summed E-state index contributed by atoms with van der Waals surface area (Å²) < 4.78 is 19.1. The van der Waals surface area contributed by atoms with Crippen LogP contribution in [0.5, 0.6) is 5.75 Å². The number of ether oxygens (including phenoxy) is 1. The second-order valence-corrected chi connectivity index (χ2v) is 5.21. The number of fused-ring (bicyclic) bond motifs is 1. The standard InChI is InChI=1S/C16H15ClFNO/c1-19-16(12-3-2-4-13(18)15(12)17)11-5-6-14-10(9-11)7-8-20-14/h2-6,9,16,19H,7-8H2,1H3. The van der Waals surface area contributed by atoms with Gasteiger partial charge in [0.1, 0.15) is 11.6 Å². The maximum Gasteiger partial charge on any atom is 0.142 e. The summed E-state index contributed by atoms with van der Waals surface area (Å²) in [6.45, 7) is 0.726. The van der Waals surface area contributed by atoms with Gasteiger partial charge in [-0.2, -0.15) is 0 Å². The van der Waals surface area contributed by atoms with Crippen molar-refractivity contribution >= 4 is 11.6 Å². The predicted molar refractivity (Wildman–Crippen MR) is 78.0 cm³/mol. The Morgan fingerprint density at radius 2 is 2.15 bits per heavy atom. The first kappa shape index (κ1) is 13.4. The van der Waals surface area contributed by atoms with Gasteiger partial charge in [-0.15, -0.1) is 0 Å². The van der Waals surface area contributed by atoms with Crippen LogP contribution in [0.25, 0.3) is 0 Å². The van der Waals surface area contributed by atoms with E-state index in [-0.39, 0.29) is 11.1 Å². The van der Waals surface area contributed by atoms with Crippen LogP contribution in [-0.4, -0.2) is 13.7 Å². The number of hydrogen-bond acceptors (Lipinski definition) is 2. The van der Waals surface area contributed by atoms with Crippen molar-refractivity contribution in [1.29, 1.82) is 0 Å². The molecule has 0 bridgehead atoms. The molecule has 1 heterocycles. The Kier molecular flexibility index (Phi) is 3.64. The fourth-order valence-corrected chi connectivity index (χ4v) is 2.87. The Morgan fingerprint density at radius 1 is 1.30 bits per heavy atom. The third-order valence-corrected chi connectivity index (χ3v) is 4.03. The van der Waals surface area contributed by atoms with E-state index >= 15 is 0 Å². The average molecular weight is 292 g/mol. The van der Waals surface area contributed by atoms with E-state index in [0.29, 0.717) is 0 Å². The topological polar surface area (TPSA) is 21.3 Å². The van der Waals surface area contributed by atoms with Crippen molar-refractivity contribution in [3.63, 3.8) is 0 Å². The largest absolute Gasteiger partial charge is 0.493 e. The molecule has 20 heavy (non-hydrogen) atoms. The lowest BCUT2D eigenvalue weighted by atomic mass is 9.96. The van der Waals surface area contributed by atoms with Gasteiger partial charge < -0.3 is 10.1 Å². The van der Waals surface area contributed by atoms with Crippen molar-refractivity contribution in [2.45, 2.75) is 12.5 Å². The van der Waals surface area contributed by atoms with Crippen LogP contribution in [0.15, 0.2) is 36.4 Å². The summed E-state index contributed by atoms with van der Waals surface area (Å²) >= 11 is 6.09. The van der Waals surface area contributed by atoms with Gasteiger partial charge in [-0.25, -0.2) is 4.39 Å². The van der Waals surface area contributed by atoms with E-state index in [4.69, 9.17) is 16.3 Å². The predicted octanol–water partition coefficient (Wildman–Crippen LogP) is 3.72. The molecular formula is C16H15ClFNO. The molecule has 0 aliphatic carbocycles. The highest BCUT2D eigenvalue weighted by Gasteiger charge is 2.20. The number of nitrogens with one attached hydrogen (secondary N) is 1. The van der Waals surface area contributed by atoms with Crippen LogP contribution in [0.3, 0.4) is 0 Å². The number of rotatable bonds is 3. The molecule has 0 radical (unpaired) electrons. The second kappa shape index (κ2) is 5.43. The summed E-state index contributed by atoms with van der Waals surface area (Å²) in [7, 11) is 1.84. The van der Waals surface area contributed by atoms with Gasteiger partial charge in [-0.3, -0.25) is 0 Å². The van der Waals surface area contributed by atoms with E-state index in [0.717, 1.165) is 29.9 Å². The SMILES string of the molecule is CNC(c1ccc2c(c1)CCO2)c1cccc(F)c1Cl. The third kappa shape index (κ3) is 2.28. The first-order valence-corrected chi connectivity index (χ1v) is 6.95. The minimum atomic E-state index is -0.395. The maximum absolute atomic E-state index is 13.6. The smallest absolute Gasteiger partial charge is 0.142 e. The number of hydrogen-bond donors (Lipinski definition) is 1. The van der Waals surface area contributed by atoms with Crippen LogP contribution < -0.4 is 10.1 Å². The van der Waals surface area contributed by atoms with E-state index in [1.807, 2.05) is 25.2 Å². The minimum Gasteiger partial charge on any atom is -0.493 e. The Bertz CT molecular complexity index is 644. The first-order valence-electron chi connectivity index (χ1n) is 6.57. The van der Waals surface area contributed by atoms with Crippen LogP contribution in [0.2, 0.25) is 5.02 Å². The molecule has 3 rings (SSSR count). The molecule has 4 heteroatoms. The van der Waals surface area contributed by atoms with Crippen molar-refractivity contribution in [3.8, 4) is 5.75 Å². The molecule has 1 N–H and O–H groups in total. The quantitative estimate of drug-likeness (QED) is 0.930. The van der Waals surface area contributed by atoms with E-state index in [1.54, 1.807) is 6.07 Å². The van der Waals surface area contributed by atoms with Crippen LogP contribution in [0.4, 0.5) is 4.39 Å². The molecular weight excluding hydrogens is 277 g/mol.